The highest BCUT2D eigenvalue weighted by molar-refractivity contribution is 5.76. The molecule has 4 rings (SSSR count). The first-order valence-corrected chi connectivity index (χ1v) is 9.16. The molecule has 0 spiro atoms. The van der Waals surface area contributed by atoms with Gasteiger partial charge in [-0.15, -0.1) is 0 Å². The van der Waals surface area contributed by atoms with Crippen LogP contribution in [-0.4, -0.2) is 43.6 Å². The fourth-order valence-corrected chi connectivity index (χ4v) is 3.68. The smallest absolute Gasteiger partial charge is 0.256 e. The van der Waals surface area contributed by atoms with Crippen LogP contribution < -0.4 is 5.56 Å². The van der Waals surface area contributed by atoms with E-state index in [1.807, 2.05) is 30.3 Å². The molecule has 1 aliphatic heterocycles. The molecular weight excluding hydrogens is 358 g/mol. The van der Waals surface area contributed by atoms with Gasteiger partial charge in [0.25, 0.3) is 5.56 Å². The summed E-state index contributed by atoms with van der Waals surface area (Å²) in [7, 11) is 0. The van der Waals surface area contributed by atoms with E-state index in [1.165, 1.54) is 17.3 Å². The van der Waals surface area contributed by atoms with E-state index in [2.05, 4.69) is 15.1 Å². The molecule has 1 fully saturated rings. The molecule has 0 saturated carbocycles. The van der Waals surface area contributed by atoms with Crippen LogP contribution in [-0.2, 0) is 11.3 Å². The zero-order valence-corrected chi connectivity index (χ0v) is 15.8. The van der Waals surface area contributed by atoms with Crippen molar-refractivity contribution >= 4 is 5.91 Å². The van der Waals surface area contributed by atoms with E-state index in [1.54, 1.807) is 18.7 Å². The number of aromatic nitrogens is 4. The Labute approximate surface area is 161 Å². The van der Waals surface area contributed by atoms with Crippen LogP contribution in [0.4, 0.5) is 0 Å². The van der Waals surface area contributed by atoms with Gasteiger partial charge in [0.1, 0.15) is 6.54 Å². The van der Waals surface area contributed by atoms with Gasteiger partial charge >= 0.3 is 0 Å². The van der Waals surface area contributed by atoms with E-state index in [-0.39, 0.29) is 29.8 Å². The third-order valence-electron chi connectivity index (χ3n) is 5.43. The molecule has 1 aliphatic rings. The molecule has 2 atom stereocenters. The third kappa shape index (κ3) is 3.33. The van der Waals surface area contributed by atoms with Crippen LogP contribution >= 0.6 is 0 Å². The van der Waals surface area contributed by atoms with Gasteiger partial charge in [0, 0.05) is 36.2 Å². The van der Waals surface area contributed by atoms with Crippen molar-refractivity contribution in [3.8, 4) is 0 Å². The molecule has 0 N–H and O–H groups in total. The lowest BCUT2D eigenvalue weighted by atomic mass is 9.88. The molecule has 144 valence electrons. The van der Waals surface area contributed by atoms with E-state index >= 15 is 0 Å². The summed E-state index contributed by atoms with van der Waals surface area (Å²) >= 11 is 0. The first kappa shape index (κ1) is 18.1. The van der Waals surface area contributed by atoms with Gasteiger partial charge in [-0.25, -0.2) is 4.98 Å². The zero-order valence-electron chi connectivity index (χ0n) is 15.8. The highest BCUT2D eigenvalue weighted by Crippen LogP contribution is 2.38. The van der Waals surface area contributed by atoms with Crippen LogP contribution in [0, 0.1) is 13.8 Å². The topological polar surface area (TPSA) is 94.1 Å². The Morgan fingerprint density at radius 1 is 1.14 bits per heavy atom. The van der Waals surface area contributed by atoms with Gasteiger partial charge in [-0.2, -0.15) is 4.98 Å². The molecule has 1 amide bonds. The molecule has 8 heteroatoms. The number of nitrogens with zero attached hydrogens (tertiary/aromatic N) is 5. The molecule has 0 aliphatic carbocycles. The van der Waals surface area contributed by atoms with Gasteiger partial charge in [0.15, 0.2) is 5.82 Å². The van der Waals surface area contributed by atoms with E-state index in [0.29, 0.717) is 30.2 Å². The van der Waals surface area contributed by atoms with Crippen molar-refractivity contribution in [2.75, 3.05) is 13.1 Å². The number of carbonyl (C=O) groups excluding carboxylic acids is 1. The second kappa shape index (κ2) is 7.38. The van der Waals surface area contributed by atoms with Gasteiger partial charge in [-0.05, 0) is 19.4 Å². The maximum Gasteiger partial charge on any atom is 0.256 e. The van der Waals surface area contributed by atoms with Gasteiger partial charge < -0.3 is 9.42 Å². The summed E-state index contributed by atoms with van der Waals surface area (Å²) in [6.07, 6.45) is 2.74. The Bertz CT molecular complexity index is 1030. The van der Waals surface area contributed by atoms with Gasteiger partial charge in [-0.3, -0.25) is 14.2 Å². The van der Waals surface area contributed by atoms with E-state index < -0.39 is 0 Å². The molecular formula is C20H21N5O3. The highest BCUT2D eigenvalue weighted by Gasteiger charge is 2.39. The van der Waals surface area contributed by atoms with Gasteiger partial charge in [0.2, 0.25) is 12.3 Å². The normalized spacial score (nSPS) is 19.1. The number of rotatable bonds is 4. The number of aryl methyl sites for hydroxylation is 1. The Morgan fingerprint density at radius 2 is 1.89 bits per heavy atom. The van der Waals surface area contributed by atoms with Crippen LogP contribution in [0.1, 0.15) is 34.5 Å². The Balaban J connectivity index is 1.58. The summed E-state index contributed by atoms with van der Waals surface area (Å²) in [6, 6.07) is 10.0. The van der Waals surface area contributed by atoms with Crippen LogP contribution in [0.15, 0.2) is 52.4 Å². The second-order valence-corrected chi connectivity index (χ2v) is 7.10. The van der Waals surface area contributed by atoms with Crippen LogP contribution in [0.2, 0.25) is 0 Å². The lowest BCUT2D eigenvalue weighted by molar-refractivity contribution is -0.130. The van der Waals surface area contributed by atoms with Crippen molar-refractivity contribution < 1.29 is 9.32 Å². The molecule has 2 aromatic heterocycles. The molecule has 1 saturated heterocycles. The number of carbonyl (C=O) groups is 1. The molecule has 3 heterocycles. The van der Waals surface area contributed by atoms with Crippen molar-refractivity contribution in [2.45, 2.75) is 32.2 Å². The molecule has 0 unspecified atom stereocenters. The maximum atomic E-state index is 12.9. The number of benzene rings is 1. The van der Waals surface area contributed by atoms with E-state index in [0.717, 1.165) is 5.56 Å². The fourth-order valence-electron chi connectivity index (χ4n) is 3.68. The average molecular weight is 379 g/mol. The molecule has 1 aromatic carbocycles. The summed E-state index contributed by atoms with van der Waals surface area (Å²) in [5.41, 5.74) is 2.17. The number of hydrogen-bond donors (Lipinski definition) is 0. The largest absolute Gasteiger partial charge is 0.343 e. The Kier molecular flexibility index (Phi) is 4.77. The van der Waals surface area contributed by atoms with Crippen LogP contribution in [0.5, 0.6) is 0 Å². The molecule has 3 aromatic rings. The van der Waals surface area contributed by atoms with Crippen molar-refractivity contribution in [1.29, 1.82) is 0 Å². The number of likely N-dealkylation sites (tertiary alicyclic amines) is 1. The van der Waals surface area contributed by atoms with E-state index in [4.69, 9.17) is 4.52 Å². The lowest BCUT2D eigenvalue weighted by Crippen LogP contribution is -2.36. The van der Waals surface area contributed by atoms with Crippen LogP contribution in [0.3, 0.4) is 0 Å². The van der Waals surface area contributed by atoms with Crippen molar-refractivity contribution in [3.05, 3.63) is 76.1 Å². The van der Waals surface area contributed by atoms with E-state index in [9.17, 15) is 9.59 Å². The maximum absolute atomic E-state index is 12.9. The number of hydrogen-bond acceptors (Lipinski definition) is 6. The quantitative estimate of drug-likeness (QED) is 0.684. The van der Waals surface area contributed by atoms with Crippen LogP contribution in [0.25, 0.3) is 0 Å². The summed E-state index contributed by atoms with van der Waals surface area (Å²) in [5.74, 6) is 0.477. The molecule has 0 radical (unpaired) electrons. The highest BCUT2D eigenvalue weighted by atomic mass is 16.5. The van der Waals surface area contributed by atoms with Crippen molar-refractivity contribution in [1.82, 2.24) is 24.6 Å². The lowest BCUT2D eigenvalue weighted by Gasteiger charge is -2.17. The molecule has 8 nitrogen and oxygen atoms in total. The SMILES string of the molecule is Cc1ncn(CC(=O)N2C[C@H](c3ccccc3)[C@@H](c3ncon3)C2)c(=O)c1C. The second-order valence-electron chi connectivity index (χ2n) is 7.10. The molecule has 0 bridgehead atoms. The standard InChI is InChI=1S/C20H21N5O3/c1-13-14(2)21-11-25(20(13)27)10-18(26)24-8-16(15-6-4-3-5-7-15)17(9-24)19-22-12-28-23-19/h3-7,11-12,16-17H,8-10H2,1-2H3/t16-,17+/m1/s1. The number of amides is 1. The summed E-state index contributed by atoms with van der Waals surface area (Å²) < 4.78 is 6.29. The first-order valence-electron chi connectivity index (χ1n) is 9.16. The Hall–Kier alpha value is -3.29. The predicted molar refractivity (Wildman–Crippen MR) is 101 cm³/mol. The Morgan fingerprint density at radius 3 is 2.61 bits per heavy atom. The summed E-state index contributed by atoms with van der Waals surface area (Å²) in [4.78, 5) is 35.5. The minimum Gasteiger partial charge on any atom is -0.343 e. The van der Waals surface area contributed by atoms with Gasteiger partial charge in [-0.1, -0.05) is 35.5 Å². The summed E-state index contributed by atoms with van der Waals surface area (Å²) in [6.45, 7) is 4.48. The molecule has 28 heavy (non-hydrogen) atoms. The zero-order chi connectivity index (χ0) is 19.7. The third-order valence-corrected chi connectivity index (χ3v) is 5.43. The minimum atomic E-state index is -0.186. The fraction of sp³-hybridized carbons (Fsp3) is 0.350. The van der Waals surface area contributed by atoms with Crippen molar-refractivity contribution in [3.63, 3.8) is 0 Å². The average Bonchev–Trinajstić information content (AvgIpc) is 3.38. The van der Waals surface area contributed by atoms with Crippen molar-refractivity contribution in [2.24, 2.45) is 0 Å². The van der Waals surface area contributed by atoms with Gasteiger partial charge in [0.05, 0.1) is 6.33 Å². The summed E-state index contributed by atoms with van der Waals surface area (Å²) in [5, 5.41) is 4.00. The predicted octanol–water partition coefficient (Wildman–Crippen LogP) is 1.65. The first-order chi connectivity index (χ1) is 13.5. The minimum absolute atomic E-state index is 0.0343. The monoisotopic (exact) mass is 379 g/mol.